The lowest BCUT2D eigenvalue weighted by atomic mass is 10.2. The number of hydrogen-bond donors (Lipinski definition) is 1. The van der Waals surface area contributed by atoms with E-state index in [1.165, 1.54) is 35.1 Å². The largest absolute Gasteiger partial charge is 0.445 e. The summed E-state index contributed by atoms with van der Waals surface area (Å²) >= 11 is 0.283. The second-order valence-electron chi connectivity index (χ2n) is 9.26. The van der Waals surface area contributed by atoms with Crippen molar-refractivity contribution in [3.05, 3.63) is 41.5 Å². The maximum absolute atomic E-state index is 13.3. The van der Waals surface area contributed by atoms with E-state index in [1.807, 2.05) is 11.0 Å². The number of anilines is 1. The van der Waals surface area contributed by atoms with Gasteiger partial charge in [0.15, 0.2) is 10.8 Å². The van der Waals surface area contributed by atoms with Crippen LogP contribution in [0.2, 0.25) is 0 Å². The van der Waals surface area contributed by atoms with Crippen molar-refractivity contribution in [2.24, 2.45) is 0 Å². The number of piperazine rings is 1. The lowest BCUT2D eigenvalue weighted by Crippen LogP contribution is -2.49. The fourth-order valence-corrected chi connectivity index (χ4v) is 6.45. The van der Waals surface area contributed by atoms with Gasteiger partial charge >= 0.3 is 6.18 Å². The van der Waals surface area contributed by atoms with Crippen LogP contribution in [0.3, 0.4) is 0 Å². The molecule has 2 fully saturated rings. The molecule has 0 spiro atoms. The number of alkyl halides is 3. The molecule has 4 aromatic heterocycles. The molecule has 1 N–H and O–H groups in total. The maximum Gasteiger partial charge on any atom is 0.445 e. The Labute approximate surface area is 227 Å². The molecule has 18 heteroatoms. The standard InChI is InChI=1S/C22H18F3N9O4S2/c23-22(24,25)20-30-29-18(39-20)17-27-10-15-14(32-5-7-33(8-6-32)19(35)16-1-4-28-38-16)9-13(11-34(15)17)40(36,37)31-21(12-26)2-3-21/h1,4,9-11,31H,2-3,5-8H2. The third-order valence-corrected chi connectivity index (χ3v) is 9.08. The van der Waals surface area contributed by atoms with Gasteiger partial charge in [-0.05, 0) is 18.9 Å². The van der Waals surface area contributed by atoms with Crippen molar-refractivity contribution in [2.75, 3.05) is 31.1 Å². The first kappa shape index (κ1) is 26.2. The zero-order valence-electron chi connectivity index (χ0n) is 20.3. The Morgan fingerprint density at radius 1 is 1.20 bits per heavy atom. The summed E-state index contributed by atoms with van der Waals surface area (Å²) in [4.78, 5) is 20.1. The van der Waals surface area contributed by atoms with Crippen molar-refractivity contribution in [3.8, 4) is 16.9 Å². The van der Waals surface area contributed by atoms with Crippen molar-refractivity contribution < 1.29 is 30.9 Å². The highest BCUT2D eigenvalue weighted by Gasteiger charge is 2.47. The summed E-state index contributed by atoms with van der Waals surface area (Å²) in [6, 6.07) is 4.86. The van der Waals surface area contributed by atoms with E-state index in [1.54, 1.807) is 4.90 Å². The molecule has 13 nitrogen and oxygen atoms in total. The van der Waals surface area contributed by atoms with Crippen LogP contribution in [0.1, 0.15) is 28.4 Å². The van der Waals surface area contributed by atoms with Crippen LogP contribution in [0, 0.1) is 11.3 Å². The molecule has 2 aliphatic rings. The fourth-order valence-electron chi connectivity index (χ4n) is 4.35. The Balaban J connectivity index is 1.39. The second-order valence-corrected chi connectivity index (χ2v) is 11.9. The molecule has 1 saturated carbocycles. The summed E-state index contributed by atoms with van der Waals surface area (Å²) in [7, 11) is -4.21. The number of imidazole rings is 1. The number of nitriles is 1. The Morgan fingerprint density at radius 2 is 1.95 bits per heavy atom. The van der Waals surface area contributed by atoms with Crippen molar-refractivity contribution in [1.29, 1.82) is 5.26 Å². The molecule has 1 aliphatic carbocycles. The van der Waals surface area contributed by atoms with E-state index in [9.17, 15) is 31.6 Å². The highest BCUT2D eigenvalue weighted by atomic mass is 32.2. The van der Waals surface area contributed by atoms with Crippen LogP contribution in [0.15, 0.2) is 40.1 Å². The molecule has 0 atom stereocenters. The summed E-state index contributed by atoms with van der Waals surface area (Å²) in [5, 5.41) is 18.5. The van der Waals surface area contributed by atoms with Gasteiger partial charge in [0.25, 0.3) is 5.91 Å². The summed E-state index contributed by atoms with van der Waals surface area (Å²) in [5.41, 5.74) is -0.357. The molecule has 208 valence electrons. The average Bonchev–Trinajstić information content (AvgIpc) is 3.38. The van der Waals surface area contributed by atoms with Crippen LogP contribution in [0.4, 0.5) is 18.9 Å². The third-order valence-electron chi connectivity index (χ3n) is 6.61. The van der Waals surface area contributed by atoms with Crippen LogP contribution < -0.4 is 9.62 Å². The van der Waals surface area contributed by atoms with E-state index in [0.29, 0.717) is 37.1 Å². The molecule has 0 aromatic carbocycles. The Bertz CT molecular complexity index is 1750. The number of carbonyl (C=O) groups is 1. The van der Waals surface area contributed by atoms with Gasteiger partial charge in [-0.25, -0.2) is 13.4 Å². The van der Waals surface area contributed by atoms with Crippen molar-refractivity contribution in [3.63, 3.8) is 0 Å². The van der Waals surface area contributed by atoms with E-state index >= 15 is 0 Å². The van der Waals surface area contributed by atoms with E-state index in [0.717, 1.165) is 0 Å². The number of hydrogen-bond acceptors (Lipinski definition) is 11. The number of carbonyl (C=O) groups excluding carboxylic acids is 1. The van der Waals surface area contributed by atoms with E-state index in [4.69, 9.17) is 4.52 Å². The van der Waals surface area contributed by atoms with Gasteiger partial charge in [-0.2, -0.15) is 23.2 Å². The first-order chi connectivity index (χ1) is 19.0. The van der Waals surface area contributed by atoms with Crippen LogP contribution in [0.25, 0.3) is 16.3 Å². The van der Waals surface area contributed by atoms with Crippen molar-refractivity contribution in [2.45, 2.75) is 29.5 Å². The number of sulfonamides is 1. The first-order valence-electron chi connectivity index (χ1n) is 11.8. The number of nitrogens with zero attached hydrogens (tertiary/aromatic N) is 8. The minimum atomic E-state index is -4.70. The number of halogens is 3. The predicted molar refractivity (Wildman–Crippen MR) is 132 cm³/mol. The van der Waals surface area contributed by atoms with Crippen LogP contribution in [0.5, 0.6) is 0 Å². The zero-order valence-corrected chi connectivity index (χ0v) is 21.9. The van der Waals surface area contributed by atoms with Crippen LogP contribution in [-0.4, -0.2) is 75.7 Å². The first-order valence-corrected chi connectivity index (χ1v) is 14.1. The van der Waals surface area contributed by atoms with Crippen molar-refractivity contribution in [1.82, 2.24) is 34.4 Å². The molecule has 1 amide bonds. The predicted octanol–water partition coefficient (Wildman–Crippen LogP) is 2.16. The smallest absolute Gasteiger partial charge is 0.366 e. The number of amides is 1. The quantitative estimate of drug-likeness (QED) is 0.351. The Morgan fingerprint density at radius 3 is 2.55 bits per heavy atom. The van der Waals surface area contributed by atoms with Gasteiger partial charge in [0.05, 0.1) is 29.7 Å². The number of nitrogens with one attached hydrogen (secondary N) is 1. The molecular weight excluding hydrogens is 575 g/mol. The molecule has 5 heterocycles. The monoisotopic (exact) mass is 593 g/mol. The van der Waals surface area contributed by atoms with Gasteiger partial charge in [-0.15, -0.1) is 10.2 Å². The summed E-state index contributed by atoms with van der Waals surface area (Å²) in [5.74, 6) is -0.267. The van der Waals surface area contributed by atoms with Gasteiger partial charge in [0.1, 0.15) is 10.4 Å². The minimum Gasteiger partial charge on any atom is -0.366 e. The Kier molecular flexibility index (Phi) is 6.05. The molecule has 0 unspecified atom stereocenters. The molecule has 40 heavy (non-hydrogen) atoms. The number of pyridine rings is 1. The lowest BCUT2D eigenvalue weighted by molar-refractivity contribution is -0.138. The van der Waals surface area contributed by atoms with Gasteiger partial charge < -0.3 is 14.3 Å². The van der Waals surface area contributed by atoms with E-state index in [-0.39, 0.29) is 51.8 Å². The molecule has 6 rings (SSSR count). The third kappa shape index (κ3) is 4.65. The van der Waals surface area contributed by atoms with Gasteiger partial charge in [0.2, 0.25) is 20.8 Å². The number of aromatic nitrogens is 5. The highest BCUT2D eigenvalue weighted by molar-refractivity contribution is 7.89. The molecule has 0 bridgehead atoms. The summed E-state index contributed by atoms with van der Waals surface area (Å²) < 4.78 is 75.0. The van der Waals surface area contributed by atoms with Crippen LogP contribution in [-0.2, 0) is 16.2 Å². The van der Waals surface area contributed by atoms with Crippen molar-refractivity contribution >= 4 is 38.5 Å². The molecule has 1 saturated heterocycles. The maximum atomic E-state index is 13.3. The number of rotatable bonds is 6. The highest BCUT2D eigenvalue weighted by Crippen LogP contribution is 2.38. The SMILES string of the molecule is N#CC1(NS(=O)(=O)c2cc(N3CCN(C(=O)c4ccno4)CC3)c3cnc(-c4nnc(C(F)(F)F)s4)n3c2)CC1. The normalized spacial score (nSPS) is 17.2. The molecule has 4 aromatic rings. The van der Waals surface area contributed by atoms with E-state index in [2.05, 4.69) is 25.1 Å². The fraction of sp³-hybridized carbons (Fsp3) is 0.364. The van der Waals surface area contributed by atoms with Crippen LogP contribution >= 0.6 is 11.3 Å². The summed E-state index contributed by atoms with van der Waals surface area (Å²) in [6.45, 7) is 1.19. The van der Waals surface area contributed by atoms with Gasteiger partial charge in [0, 0.05) is 38.4 Å². The summed E-state index contributed by atoms with van der Waals surface area (Å²) in [6.07, 6.45) is 0.0270. The average molecular weight is 594 g/mol. The Hall–Kier alpha value is -4.08. The number of fused-ring (bicyclic) bond motifs is 1. The second kappa shape index (κ2) is 9.25. The molecule has 1 aliphatic heterocycles. The molecular formula is C22H18F3N9O4S2. The molecule has 0 radical (unpaired) electrons. The topological polar surface area (TPSA) is 163 Å². The van der Waals surface area contributed by atoms with E-state index < -0.39 is 26.7 Å². The van der Waals surface area contributed by atoms with Gasteiger partial charge in [-0.1, -0.05) is 16.5 Å². The van der Waals surface area contributed by atoms with Gasteiger partial charge in [-0.3, -0.25) is 9.20 Å². The zero-order chi connectivity index (χ0) is 28.3. The lowest BCUT2D eigenvalue weighted by Gasteiger charge is -2.36. The minimum absolute atomic E-state index is 0.0261.